The number of hydrogen-bond donors (Lipinski definition) is 1. The Bertz CT molecular complexity index is 775. The molecule has 1 aromatic heterocycles. The van der Waals surface area contributed by atoms with Crippen LogP contribution in [0.15, 0.2) is 30.6 Å². The monoisotopic (exact) mass is 401 g/mol. The maximum Gasteiger partial charge on any atom is 0.0967 e. The summed E-state index contributed by atoms with van der Waals surface area (Å²) in [6.45, 7) is 10.2. The molecule has 0 bridgehead atoms. The largest absolute Gasteiger partial charge is 0.370 e. The SMILES string of the molecule is CC.CSCCn1cc(C2CC3(CC(C)N2)OCCc2ccc(C)cc23)cn1. The Hall–Kier alpha value is -1.30. The van der Waals surface area contributed by atoms with Crippen molar-refractivity contribution in [1.82, 2.24) is 15.1 Å². The van der Waals surface area contributed by atoms with E-state index in [1.54, 1.807) is 0 Å². The molecule has 2 aliphatic rings. The van der Waals surface area contributed by atoms with Crippen molar-refractivity contribution >= 4 is 11.8 Å². The van der Waals surface area contributed by atoms with Gasteiger partial charge in [-0.1, -0.05) is 37.6 Å². The summed E-state index contributed by atoms with van der Waals surface area (Å²) < 4.78 is 8.58. The molecule has 2 aromatic rings. The normalized spacial score (nSPS) is 26.5. The van der Waals surface area contributed by atoms with Crippen molar-refractivity contribution in [1.29, 1.82) is 0 Å². The maximum atomic E-state index is 6.51. The number of fused-ring (bicyclic) bond motifs is 2. The first-order valence-corrected chi connectivity index (χ1v) is 12.0. The van der Waals surface area contributed by atoms with Gasteiger partial charge in [-0.3, -0.25) is 4.68 Å². The van der Waals surface area contributed by atoms with E-state index in [0.717, 1.165) is 38.2 Å². The third-order valence-electron chi connectivity index (χ3n) is 5.74. The van der Waals surface area contributed by atoms with Crippen molar-refractivity contribution in [3.8, 4) is 0 Å². The van der Waals surface area contributed by atoms with Gasteiger partial charge in [0.1, 0.15) is 0 Å². The van der Waals surface area contributed by atoms with Gasteiger partial charge in [0.05, 0.1) is 18.4 Å². The van der Waals surface area contributed by atoms with Crippen molar-refractivity contribution in [3.63, 3.8) is 0 Å². The topological polar surface area (TPSA) is 39.1 Å². The lowest BCUT2D eigenvalue weighted by atomic mass is 9.74. The Morgan fingerprint density at radius 2 is 2.14 bits per heavy atom. The van der Waals surface area contributed by atoms with Crippen molar-refractivity contribution in [2.24, 2.45) is 0 Å². The third kappa shape index (κ3) is 4.47. The van der Waals surface area contributed by atoms with Crippen LogP contribution in [-0.2, 0) is 23.3 Å². The number of benzene rings is 1. The van der Waals surface area contributed by atoms with Crippen LogP contribution >= 0.6 is 11.8 Å². The molecule has 28 heavy (non-hydrogen) atoms. The number of ether oxygens (including phenoxy) is 1. The minimum atomic E-state index is -0.170. The highest BCUT2D eigenvalue weighted by Gasteiger charge is 2.44. The van der Waals surface area contributed by atoms with Crippen molar-refractivity contribution in [2.75, 3.05) is 18.6 Å². The van der Waals surface area contributed by atoms with Gasteiger partial charge in [0.2, 0.25) is 0 Å². The Morgan fingerprint density at radius 1 is 1.32 bits per heavy atom. The lowest BCUT2D eigenvalue weighted by Crippen LogP contribution is -2.50. The van der Waals surface area contributed by atoms with Gasteiger partial charge in [-0.05, 0) is 44.1 Å². The molecule has 3 atom stereocenters. The van der Waals surface area contributed by atoms with E-state index in [-0.39, 0.29) is 11.6 Å². The molecular weight excluding hydrogens is 366 g/mol. The second-order valence-corrected chi connectivity index (χ2v) is 8.80. The minimum absolute atomic E-state index is 0.170. The van der Waals surface area contributed by atoms with E-state index < -0.39 is 0 Å². The van der Waals surface area contributed by atoms with Crippen LogP contribution in [0.1, 0.15) is 61.9 Å². The zero-order valence-electron chi connectivity index (χ0n) is 18.0. The molecule has 0 amide bonds. The molecule has 4 nitrogen and oxygen atoms in total. The zero-order chi connectivity index (χ0) is 20.1. The van der Waals surface area contributed by atoms with Gasteiger partial charge in [0.15, 0.2) is 0 Å². The first kappa shape index (κ1) is 21.4. The van der Waals surface area contributed by atoms with E-state index >= 15 is 0 Å². The first-order valence-electron chi connectivity index (χ1n) is 10.6. The molecule has 3 unspecified atom stereocenters. The lowest BCUT2D eigenvalue weighted by molar-refractivity contribution is -0.0984. The second kappa shape index (κ2) is 9.47. The summed E-state index contributed by atoms with van der Waals surface area (Å²) in [5.41, 5.74) is 5.31. The molecule has 2 aliphatic heterocycles. The fraction of sp³-hybridized carbons (Fsp3) is 0.609. The van der Waals surface area contributed by atoms with Gasteiger partial charge in [-0.25, -0.2) is 0 Å². The molecule has 1 spiro atoms. The summed E-state index contributed by atoms with van der Waals surface area (Å²) >= 11 is 1.86. The highest BCUT2D eigenvalue weighted by molar-refractivity contribution is 7.98. The van der Waals surface area contributed by atoms with Crippen LogP contribution in [0, 0.1) is 6.92 Å². The average Bonchev–Trinajstić information content (AvgIpc) is 3.17. The van der Waals surface area contributed by atoms with Crippen LogP contribution in [0.2, 0.25) is 0 Å². The summed E-state index contributed by atoms with van der Waals surface area (Å²) in [5, 5.41) is 8.35. The van der Waals surface area contributed by atoms with E-state index in [2.05, 4.69) is 59.6 Å². The quantitative estimate of drug-likeness (QED) is 0.794. The summed E-state index contributed by atoms with van der Waals surface area (Å²) in [6.07, 6.45) is 9.40. The molecule has 0 aliphatic carbocycles. The lowest BCUT2D eigenvalue weighted by Gasteiger charge is -2.47. The van der Waals surface area contributed by atoms with Gasteiger partial charge >= 0.3 is 0 Å². The molecule has 1 fully saturated rings. The van der Waals surface area contributed by atoms with Crippen molar-refractivity contribution < 1.29 is 4.74 Å². The third-order valence-corrected chi connectivity index (χ3v) is 6.33. The maximum absolute atomic E-state index is 6.51. The second-order valence-electron chi connectivity index (χ2n) is 7.81. The fourth-order valence-corrected chi connectivity index (χ4v) is 4.92. The average molecular weight is 402 g/mol. The van der Waals surface area contributed by atoms with Crippen LogP contribution < -0.4 is 5.32 Å². The van der Waals surface area contributed by atoms with E-state index in [1.165, 1.54) is 22.3 Å². The molecule has 5 heteroatoms. The van der Waals surface area contributed by atoms with E-state index in [0.29, 0.717) is 6.04 Å². The zero-order valence-corrected chi connectivity index (χ0v) is 18.8. The first-order chi connectivity index (χ1) is 13.6. The number of hydrogen-bond acceptors (Lipinski definition) is 4. The van der Waals surface area contributed by atoms with E-state index in [9.17, 15) is 0 Å². The van der Waals surface area contributed by atoms with Crippen LogP contribution in [0.3, 0.4) is 0 Å². The predicted octanol–water partition coefficient (Wildman–Crippen LogP) is 4.86. The number of rotatable bonds is 4. The number of piperidine rings is 1. The van der Waals surface area contributed by atoms with Crippen molar-refractivity contribution in [3.05, 3.63) is 52.8 Å². The number of nitrogens with one attached hydrogen (secondary N) is 1. The number of aryl methyl sites for hydroxylation is 2. The predicted molar refractivity (Wildman–Crippen MR) is 119 cm³/mol. The van der Waals surface area contributed by atoms with Crippen molar-refractivity contribution in [2.45, 2.75) is 71.2 Å². The molecule has 4 rings (SSSR count). The number of nitrogens with zero attached hydrogens (tertiary/aromatic N) is 2. The van der Waals surface area contributed by atoms with Crippen LogP contribution in [0.5, 0.6) is 0 Å². The molecule has 154 valence electrons. The summed E-state index contributed by atoms with van der Waals surface area (Å²) in [4.78, 5) is 0. The molecule has 1 N–H and O–H groups in total. The fourth-order valence-electron chi connectivity index (χ4n) is 4.55. The molecule has 3 heterocycles. The van der Waals surface area contributed by atoms with Gasteiger partial charge < -0.3 is 10.1 Å². The Labute approximate surface area is 174 Å². The van der Waals surface area contributed by atoms with Gasteiger partial charge in [-0.15, -0.1) is 0 Å². The molecule has 0 radical (unpaired) electrons. The van der Waals surface area contributed by atoms with E-state index in [1.807, 2.05) is 31.8 Å². The summed E-state index contributed by atoms with van der Waals surface area (Å²) in [6, 6.07) is 7.58. The Kier molecular flexibility index (Phi) is 7.24. The van der Waals surface area contributed by atoms with Gasteiger partial charge in [-0.2, -0.15) is 16.9 Å². The van der Waals surface area contributed by atoms with Crippen LogP contribution in [-0.4, -0.2) is 34.4 Å². The van der Waals surface area contributed by atoms with Crippen LogP contribution in [0.25, 0.3) is 0 Å². The smallest absolute Gasteiger partial charge is 0.0967 e. The van der Waals surface area contributed by atoms with Gasteiger partial charge in [0, 0.05) is 42.6 Å². The van der Waals surface area contributed by atoms with E-state index in [4.69, 9.17) is 4.74 Å². The Balaban J connectivity index is 0.00000109. The highest BCUT2D eigenvalue weighted by Crippen LogP contribution is 2.46. The molecule has 0 saturated carbocycles. The summed E-state index contributed by atoms with van der Waals surface area (Å²) in [5.74, 6) is 1.09. The molecular formula is C23H35N3OS. The standard InChI is InChI=1S/C21H29N3OS.C2H6/c1-15-4-5-17-6-8-25-21(19(17)10-15)11-16(2)23-20(12-21)18-13-22-24(14-18)7-9-26-3;1-2/h4-5,10,13-14,16,20,23H,6-9,11-12H2,1-3H3;1-2H3. The summed E-state index contributed by atoms with van der Waals surface area (Å²) in [7, 11) is 0. The van der Waals surface area contributed by atoms with Crippen LogP contribution in [0.4, 0.5) is 0 Å². The Morgan fingerprint density at radius 3 is 2.93 bits per heavy atom. The van der Waals surface area contributed by atoms with Gasteiger partial charge in [0.25, 0.3) is 0 Å². The molecule has 1 aromatic carbocycles. The number of aromatic nitrogens is 2. The minimum Gasteiger partial charge on any atom is -0.370 e. The number of thioether (sulfide) groups is 1. The highest BCUT2D eigenvalue weighted by atomic mass is 32.2. The molecule has 1 saturated heterocycles.